The van der Waals surface area contributed by atoms with E-state index in [0.29, 0.717) is 0 Å². The minimum Gasteiger partial charge on any atom is -0.392 e. The highest BCUT2D eigenvalue weighted by atomic mass is 16.3. The van der Waals surface area contributed by atoms with E-state index in [4.69, 9.17) is 5.11 Å². The molecule has 0 spiro atoms. The maximum absolute atomic E-state index is 10.7. The summed E-state index contributed by atoms with van der Waals surface area (Å²) in [6, 6.07) is 5.49. The summed E-state index contributed by atoms with van der Waals surface area (Å²) in [6.45, 7) is 2.16. The molecule has 0 aliphatic carbocycles. The van der Waals surface area contributed by atoms with E-state index < -0.39 is 0 Å². The normalized spacial score (nSPS) is 10.1. The summed E-state index contributed by atoms with van der Waals surface area (Å²) in [7, 11) is 0. The minimum absolute atomic E-state index is 0.0399. The smallest absolute Gasteiger partial charge is 0.150 e. The molecule has 0 aromatic heterocycles. The minimum atomic E-state index is 0.0399. The van der Waals surface area contributed by atoms with Gasteiger partial charge in [0, 0.05) is 5.56 Å². The summed E-state index contributed by atoms with van der Waals surface area (Å²) < 4.78 is 0. The number of aliphatic hydroxyl groups excluding tert-OH is 1. The van der Waals surface area contributed by atoms with E-state index in [1.165, 1.54) is 0 Å². The van der Waals surface area contributed by atoms with Gasteiger partial charge in [-0.05, 0) is 24.0 Å². The second kappa shape index (κ2) is 5.55. The van der Waals surface area contributed by atoms with Gasteiger partial charge < -0.3 is 5.11 Å². The maximum Gasteiger partial charge on any atom is 0.150 e. The van der Waals surface area contributed by atoms with Gasteiger partial charge in [0.1, 0.15) is 6.29 Å². The zero-order valence-electron chi connectivity index (χ0n) is 8.49. The van der Waals surface area contributed by atoms with E-state index >= 15 is 0 Å². The van der Waals surface area contributed by atoms with E-state index in [2.05, 4.69) is 6.92 Å². The van der Waals surface area contributed by atoms with Crippen molar-refractivity contribution in [2.75, 3.05) is 0 Å². The molecule has 0 atom stereocenters. The van der Waals surface area contributed by atoms with Crippen molar-refractivity contribution in [2.24, 2.45) is 0 Å². The molecule has 0 bridgehead atoms. The summed E-state index contributed by atoms with van der Waals surface area (Å²) in [5.74, 6) is 0. The zero-order valence-corrected chi connectivity index (χ0v) is 8.49. The van der Waals surface area contributed by atoms with Crippen LogP contribution in [0, 0.1) is 0 Å². The molecule has 0 unspecified atom stereocenters. The van der Waals surface area contributed by atoms with Crippen molar-refractivity contribution >= 4 is 6.29 Å². The molecule has 1 rings (SSSR count). The van der Waals surface area contributed by atoms with E-state index in [-0.39, 0.29) is 6.61 Å². The fraction of sp³-hybridized carbons (Fsp3) is 0.417. The lowest BCUT2D eigenvalue weighted by molar-refractivity contribution is 0.112. The Hall–Kier alpha value is -1.15. The van der Waals surface area contributed by atoms with E-state index in [1.807, 2.05) is 6.07 Å². The molecule has 0 saturated heterocycles. The topological polar surface area (TPSA) is 37.3 Å². The molecule has 2 heteroatoms. The Kier molecular flexibility index (Phi) is 4.33. The second-order valence-electron chi connectivity index (χ2n) is 3.41. The van der Waals surface area contributed by atoms with Gasteiger partial charge in [0.2, 0.25) is 0 Å². The van der Waals surface area contributed by atoms with Gasteiger partial charge in [-0.3, -0.25) is 4.79 Å². The molecule has 14 heavy (non-hydrogen) atoms. The monoisotopic (exact) mass is 192 g/mol. The van der Waals surface area contributed by atoms with Crippen LogP contribution in [0.2, 0.25) is 0 Å². The van der Waals surface area contributed by atoms with Crippen LogP contribution < -0.4 is 0 Å². The van der Waals surface area contributed by atoms with Crippen LogP contribution in [0.25, 0.3) is 0 Å². The number of rotatable bonds is 5. The van der Waals surface area contributed by atoms with E-state index in [1.54, 1.807) is 12.1 Å². The fourth-order valence-electron chi connectivity index (χ4n) is 1.46. The van der Waals surface area contributed by atoms with Crippen LogP contribution in [0.1, 0.15) is 41.3 Å². The third-order valence-electron chi connectivity index (χ3n) is 2.32. The molecular weight excluding hydrogens is 176 g/mol. The van der Waals surface area contributed by atoms with Gasteiger partial charge in [0.05, 0.1) is 6.61 Å². The Morgan fingerprint density at radius 1 is 1.43 bits per heavy atom. The van der Waals surface area contributed by atoms with Crippen molar-refractivity contribution in [1.82, 2.24) is 0 Å². The Balaban J connectivity index is 2.90. The Morgan fingerprint density at radius 3 is 2.79 bits per heavy atom. The van der Waals surface area contributed by atoms with Crippen molar-refractivity contribution in [3.8, 4) is 0 Å². The molecule has 0 saturated carbocycles. The highest BCUT2D eigenvalue weighted by Gasteiger charge is 2.02. The molecular formula is C12H16O2. The highest BCUT2D eigenvalue weighted by Crippen LogP contribution is 2.13. The average Bonchev–Trinajstić information content (AvgIpc) is 2.25. The summed E-state index contributed by atoms with van der Waals surface area (Å²) >= 11 is 0. The number of aryl methyl sites for hydroxylation is 1. The Morgan fingerprint density at radius 2 is 2.21 bits per heavy atom. The van der Waals surface area contributed by atoms with Crippen molar-refractivity contribution < 1.29 is 9.90 Å². The predicted molar refractivity (Wildman–Crippen MR) is 56.4 cm³/mol. The third kappa shape index (κ3) is 2.67. The lowest BCUT2D eigenvalue weighted by atomic mass is 10.0. The Labute approximate surface area is 84.6 Å². The van der Waals surface area contributed by atoms with Crippen molar-refractivity contribution in [2.45, 2.75) is 32.8 Å². The fourth-order valence-corrected chi connectivity index (χ4v) is 1.46. The van der Waals surface area contributed by atoms with Crippen molar-refractivity contribution in [3.05, 3.63) is 34.9 Å². The van der Waals surface area contributed by atoms with Crippen LogP contribution >= 0.6 is 0 Å². The lowest BCUT2D eigenvalue weighted by Gasteiger charge is -2.05. The molecule has 1 aromatic carbocycles. The Bertz CT molecular complexity index is 305. The first-order chi connectivity index (χ1) is 6.81. The number of hydrogen-bond donors (Lipinski definition) is 1. The number of carbonyl (C=O) groups excluding carboxylic acids is 1. The van der Waals surface area contributed by atoms with Crippen LogP contribution in [0.15, 0.2) is 18.2 Å². The largest absolute Gasteiger partial charge is 0.392 e. The number of carbonyl (C=O) groups is 1. The van der Waals surface area contributed by atoms with E-state index in [9.17, 15) is 4.79 Å². The molecule has 0 aliphatic heterocycles. The number of aliphatic hydroxyl groups is 1. The summed E-state index contributed by atoms with van der Waals surface area (Å²) in [5.41, 5.74) is 2.67. The molecule has 1 N–H and O–H groups in total. The number of hydrogen-bond acceptors (Lipinski definition) is 2. The maximum atomic E-state index is 10.7. The molecule has 0 radical (unpaired) electrons. The van der Waals surface area contributed by atoms with Crippen LogP contribution in [0.4, 0.5) is 0 Å². The highest BCUT2D eigenvalue weighted by molar-refractivity contribution is 5.77. The SMILES string of the molecule is CCCCc1cc(CO)ccc1C=O. The van der Waals surface area contributed by atoms with Gasteiger partial charge >= 0.3 is 0 Å². The zero-order chi connectivity index (χ0) is 10.4. The van der Waals surface area contributed by atoms with Gasteiger partial charge in [-0.2, -0.15) is 0 Å². The second-order valence-corrected chi connectivity index (χ2v) is 3.41. The molecule has 0 amide bonds. The first-order valence-corrected chi connectivity index (χ1v) is 4.99. The average molecular weight is 192 g/mol. The first kappa shape index (κ1) is 10.9. The van der Waals surface area contributed by atoms with E-state index in [0.717, 1.165) is 42.2 Å². The standard InChI is InChI=1S/C12H16O2/c1-2-3-4-11-7-10(8-13)5-6-12(11)9-14/h5-7,9,13H,2-4,8H2,1H3. The van der Waals surface area contributed by atoms with Crippen LogP contribution in [-0.2, 0) is 13.0 Å². The summed E-state index contributed by atoms with van der Waals surface area (Å²) in [6.07, 6.45) is 3.99. The van der Waals surface area contributed by atoms with Gasteiger partial charge in [-0.15, -0.1) is 0 Å². The summed E-state index contributed by atoms with van der Waals surface area (Å²) in [4.78, 5) is 10.7. The van der Waals surface area contributed by atoms with Gasteiger partial charge in [0.25, 0.3) is 0 Å². The van der Waals surface area contributed by atoms with Gasteiger partial charge in [-0.25, -0.2) is 0 Å². The summed E-state index contributed by atoms with van der Waals surface area (Å²) in [5, 5.41) is 8.96. The molecule has 1 aromatic rings. The molecule has 0 aliphatic rings. The molecule has 76 valence electrons. The third-order valence-corrected chi connectivity index (χ3v) is 2.32. The molecule has 0 heterocycles. The lowest BCUT2D eigenvalue weighted by Crippen LogP contribution is -1.95. The number of aldehydes is 1. The number of unbranched alkanes of at least 4 members (excludes halogenated alkanes) is 1. The van der Waals surface area contributed by atoms with Gasteiger partial charge in [0.15, 0.2) is 0 Å². The molecule has 2 nitrogen and oxygen atoms in total. The predicted octanol–water partition coefficient (Wildman–Crippen LogP) is 2.33. The van der Waals surface area contributed by atoms with Crippen LogP contribution in [0.5, 0.6) is 0 Å². The number of benzene rings is 1. The quantitative estimate of drug-likeness (QED) is 0.727. The first-order valence-electron chi connectivity index (χ1n) is 4.99. The van der Waals surface area contributed by atoms with Crippen LogP contribution in [-0.4, -0.2) is 11.4 Å². The van der Waals surface area contributed by atoms with Gasteiger partial charge in [-0.1, -0.05) is 31.5 Å². The van der Waals surface area contributed by atoms with Crippen molar-refractivity contribution in [3.63, 3.8) is 0 Å². The van der Waals surface area contributed by atoms with Crippen LogP contribution in [0.3, 0.4) is 0 Å². The van der Waals surface area contributed by atoms with Crippen molar-refractivity contribution in [1.29, 1.82) is 0 Å². The molecule has 0 fully saturated rings.